The van der Waals surface area contributed by atoms with Gasteiger partial charge in [-0.15, -0.1) is 0 Å². The zero-order valence-corrected chi connectivity index (χ0v) is 16.8. The summed E-state index contributed by atoms with van der Waals surface area (Å²) >= 11 is 0. The first-order chi connectivity index (χ1) is 14.1. The quantitative estimate of drug-likeness (QED) is 0.657. The van der Waals surface area contributed by atoms with E-state index < -0.39 is 0 Å². The lowest BCUT2D eigenvalue weighted by Gasteiger charge is -2.17. The summed E-state index contributed by atoms with van der Waals surface area (Å²) < 4.78 is 7.42. The molecule has 0 saturated carbocycles. The lowest BCUT2D eigenvalue weighted by atomic mass is 10.2. The summed E-state index contributed by atoms with van der Waals surface area (Å²) in [6.45, 7) is 4.20. The number of anilines is 2. The Morgan fingerprint density at radius 1 is 1.31 bits per heavy atom. The summed E-state index contributed by atoms with van der Waals surface area (Å²) in [5.41, 5.74) is 1.65. The first-order valence-corrected chi connectivity index (χ1v) is 9.73. The molecule has 3 aromatic rings. The Labute approximate surface area is 169 Å². The number of nitrogens with one attached hydrogen (secondary N) is 2. The van der Waals surface area contributed by atoms with Crippen molar-refractivity contribution in [2.45, 2.75) is 19.4 Å². The van der Waals surface area contributed by atoms with Gasteiger partial charge in [0.1, 0.15) is 17.3 Å². The SMILES string of the molecule is CCOc1cc2nn(C)cc2cc1NC(=O)c1cnc(N2CCC(NC)C2)cn1. The number of fused-ring (bicyclic) bond motifs is 1. The molecular formula is C20H25N7O2. The Morgan fingerprint density at radius 3 is 2.86 bits per heavy atom. The summed E-state index contributed by atoms with van der Waals surface area (Å²) in [5, 5.41) is 11.5. The highest BCUT2D eigenvalue weighted by Crippen LogP contribution is 2.30. The number of ether oxygens (including phenoxy) is 1. The van der Waals surface area contributed by atoms with Gasteiger partial charge in [0.15, 0.2) is 0 Å². The highest BCUT2D eigenvalue weighted by atomic mass is 16.5. The van der Waals surface area contributed by atoms with Gasteiger partial charge in [-0.25, -0.2) is 9.97 Å². The number of hydrogen-bond donors (Lipinski definition) is 2. The minimum absolute atomic E-state index is 0.256. The molecule has 0 radical (unpaired) electrons. The standard InChI is InChI=1S/C20H25N7O2/c1-4-29-18-8-15-13(11-26(3)25-15)7-16(18)24-20(28)17-9-23-19(10-22-17)27-6-5-14(12-27)21-2/h7-11,14,21H,4-6,12H2,1-3H3,(H,24,28). The average molecular weight is 395 g/mol. The van der Waals surface area contributed by atoms with Crippen molar-refractivity contribution in [3.8, 4) is 5.75 Å². The normalized spacial score (nSPS) is 16.4. The number of carbonyl (C=O) groups is 1. The second kappa shape index (κ2) is 8.04. The average Bonchev–Trinajstić information content (AvgIpc) is 3.34. The van der Waals surface area contributed by atoms with Gasteiger partial charge in [-0.2, -0.15) is 5.10 Å². The first-order valence-electron chi connectivity index (χ1n) is 9.73. The van der Waals surface area contributed by atoms with Crippen molar-refractivity contribution in [3.63, 3.8) is 0 Å². The third kappa shape index (κ3) is 4.00. The Bertz CT molecular complexity index is 1020. The van der Waals surface area contributed by atoms with Crippen molar-refractivity contribution in [1.29, 1.82) is 0 Å². The van der Waals surface area contributed by atoms with E-state index in [1.54, 1.807) is 10.9 Å². The monoisotopic (exact) mass is 395 g/mol. The molecular weight excluding hydrogens is 370 g/mol. The van der Waals surface area contributed by atoms with Gasteiger partial charge in [-0.05, 0) is 26.5 Å². The Hall–Kier alpha value is -3.20. The number of benzene rings is 1. The maximum Gasteiger partial charge on any atom is 0.275 e. The topological polar surface area (TPSA) is 97.2 Å². The van der Waals surface area contributed by atoms with Crippen LogP contribution < -0.4 is 20.3 Å². The van der Waals surface area contributed by atoms with Crippen molar-refractivity contribution in [3.05, 3.63) is 36.4 Å². The van der Waals surface area contributed by atoms with Crippen molar-refractivity contribution in [2.75, 3.05) is 37.0 Å². The zero-order chi connectivity index (χ0) is 20.4. The van der Waals surface area contributed by atoms with E-state index in [2.05, 4.69) is 30.6 Å². The lowest BCUT2D eigenvalue weighted by molar-refractivity contribution is 0.102. The molecule has 1 aliphatic rings. The number of amides is 1. The van der Waals surface area contributed by atoms with Gasteiger partial charge in [-0.3, -0.25) is 9.48 Å². The predicted molar refractivity (Wildman–Crippen MR) is 112 cm³/mol. The summed E-state index contributed by atoms with van der Waals surface area (Å²) in [6, 6.07) is 4.14. The van der Waals surface area contributed by atoms with E-state index in [0.29, 0.717) is 24.1 Å². The molecule has 0 aliphatic carbocycles. The fourth-order valence-electron chi connectivity index (χ4n) is 3.54. The molecule has 4 rings (SSSR count). The molecule has 1 aromatic carbocycles. The van der Waals surface area contributed by atoms with E-state index in [0.717, 1.165) is 36.2 Å². The van der Waals surface area contributed by atoms with Gasteiger partial charge in [-0.1, -0.05) is 0 Å². The fraction of sp³-hybridized carbons (Fsp3) is 0.400. The van der Waals surface area contributed by atoms with Crippen LogP contribution in [0.4, 0.5) is 11.5 Å². The second-order valence-electron chi connectivity index (χ2n) is 7.08. The van der Waals surface area contributed by atoms with Crippen LogP contribution in [-0.2, 0) is 7.05 Å². The number of aromatic nitrogens is 4. The summed E-state index contributed by atoms with van der Waals surface area (Å²) in [4.78, 5) is 23.6. The highest BCUT2D eigenvalue weighted by molar-refractivity contribution is 6.04. The fourth-order valence-corrected chi connectivity index (χ4v) is 3.54. The molecule has 9 heteroatoms. The molecule has 0 bridgehead atoms. The van der Waals surface area contributed by atoms with Crippen LogP contribution in [0.3, 0.4) is 0 Å². The molecule has 1 saturated heterocycles. The summed E-state index contributed by atoms with van der Waals surface area (Å²) in [5.74, 6) is 1.03. The molecule has 1 atom stereocenters. The Balaban J connectivity index is 1.52. The minimum atomic E-state index is -0.331. The Kier molecular flexibility index (Phi) is 5.30. The molecule has 9 nitrogen and oxygen atoms in total. The number of nitrogens with zero attached hydrogens (tertiary/aromatic N) is 5. The largest absolute Gasteiger partial charge is 0.492 e. The zero-order valence-electron chi connectivity index (χ0n) is 16.8. The van der Waals surface area contributed by atoms with E-state index in [9.17, 15) is 4.79 Å². The van der Waals surface area contributed by atoms with Gasteiger partial charge < -0.3 is 20.3 Å². The van der Waals surface area contributed by atoms with Gasteiger partial charge in [0.05, 0.1) is 30.2 Å². The molecule has 152 valence electrons. The molecule has 2 aromatic heterocycles. The smallest absolute Gasteiger partial charge is 0.275 e. The third-order valence-electron chi connectivity index (χ3n) is 5.06. The van der Waals surface area contributed by atoms with Gasteiger partial charge in [0, 0.05) is 43.8 Å². The van der Waals surface area contributed by atoms with E-state index in [4.69, 9.17) is 4.74 Å². The third-order valence-corrected chi connectivity index (χ3v) is 5.06. The molecule has 3 heterocycles. The molecule has 29 heavy (non-hydrogen) atoms. The van der Waals surface area contributed by atoms with Crippen LogP contribution in [0.2, 0.25) is 0 Å². The number of likely N-dealkylation sites (N-methyl/N-ethyl adjacent to an activating group) is 1. The molecule has 0 spiro atoms. The van der Waals surface area contributed by atoms with Crippen molar-refractivity contribution in [1.82, 2.24) is 25.1 Å². The maximum atomic E-state index is 12.7. The van der Waals surface area contributed by atoms with Crippen LogP contribution in [-0.4, -0.2) is 58.4 Å². The minimum Gasteiger partial charge on any atom is -0.492 e. The summed E-state index contributed by atoms with van der Waals surface area (Å²) in [7, 11) is 3.82. The van der Waals surface area contributed by atoms with E-state index >= 15 is 0 Å². The second-order valence-corrected chi connectivity index (χ2v) is 7.08. The van der Waals surface area contributed by atoms with Crippen LogP contribution in [0.5, 0.6) is 5.75 Å². The van der Waals surface area contributed by atoms with Crippen molar-refractivity contribution in [2.24, 2.45) is 7.05 Å². The van der Waals surface area contributed by atoms with Gasteiger partial charge >= 0.3 is 0 Å². The van der Waals surface area contributed by atoms with Crippen LogP contribution in [0.15, 0.2) is 30.7 Å². The van der Waals surface area contributed by atoms with Crippen molar-refractivity contribution >= 4 is 28.3 Å². The number of hydrogen-bond acceptors (Lipinski definition) is 7. The van der Waals surface area contributed by atoms with Crippen LogP contribution in [0.1, 0.15) is 23.8 Å². The predicted octanol–water partition coefficient (Wildman–Crippen LogP) is 1.81. The van der Waals surface area contributed by atoms with Crippen LogP contribution in [0, 0.1) is 0 Å². The molecule has 1 unspecified atom stereocenters. The van der Waals surface area contributed by atoms with Crippen LogP contribution >= 0.6 is 0 Å². The van der Waals surface area contributed by atoms with E-state index in [1.807, 2.05) is 39.3 Å². The van der Waals surface area contributed by atoms with E-state index in [-0.39, 0.29) is 11.6 Å². The Morgan fingerprint density at radius 2 is 2.17 bits per heavy atom. The summed E-state index contributed by atoms with van der Waals surface area (Å²) in [6.07, 6.45) is 6.13. The molecule has 2 N–H and O–H groups in total. The number of aryl methyl sites for hydroxylation is 1. The van der Waals surface area contributed by atoms with Gasteiger partial charge in [0.25, 0.3) is 5.91 Å². The maximum absolute atomic E-state index is 12.7. The number of carbonyl (C=O) groups excluding carboxylic acids is 1. The highest BCUT2D eigenvalue weighted by Gasteiger charge is 2.22. The van der Waals surface area contributed by atoms with Crippen LogP contribution in [0.25, 0.3) is 10.9 Å². The number of rotatable bonds is 6. The van der Waals surface area contributed by atoms with Crippen molar-refractivity contribution < 1.29 is 9.53 Å². The first kappa shape index (κ1) is 19.1. The van der Waals surface area contributed by atoms with E-state index in [1.165, 1.54) is 6.20 Å². The molecule has 1 aliphatic heterocycles. The van der Waals surface area contributed by atoms with Gasteiger partial charge in [0.2, 0.25) is 0 Å². The molecule has 1 amide bonds. The lowest BCUT2D eigenvalue weighted by Crippen LogP contribution is -2.30. The molecule has 1 fully saturated rings.